The molecule has 0 saturated carbocycles. The number of hydrogen-bond acceptors (Lipinski definition) is 2. The van der Waals surface area contributed by atoms with E-state index in [9.17, 15) is 22.4 Å². The molecule has 0 aliphatic carbocycles. The monoisotopic (exact) mass is 405 g/mol. The lowest BCUT2D eigenvalue weighted by molar-refractivity contribution is -0.642. The molecule has 0 bridgehead atoms. The standard InChI is InChI=1S/C20H16F4N4O/c1-13(19(29)26-28-11-25-27(2)12-28)9-14-3-8-17(18(21)10-14)15-4-6-16(7-5-15)20(22,23)24/h3-12H,1-2H3/p+1/b13-9+. The van der Waals surface area contributed by atoms with Crippen molar-refractivity contribution in [2.75, 3.05) is 5.43 Å². The van der Waals surface area contributed by atoms with Gasteiger partial charge in [0.15, 0.2) is 0 Å². The fourth-order valence-corrected chi connectivity index (χ4v) is 2.65. The predicted molar refractivity (Wildman–Crippen MR) is 98.3 cm³/mol. The van der Waals surface area contributed by atoms with E-state index in [1.54, 1.807) is 26.4 Å². The SMILES string of the molecule is C/C(=C\c1ccc(-c2ccc(C(F)(F)F)cc2)c(F)c1)C(=O)N[n+]1cnn(C)c1. The summed E-state index contributed by atoms with van der Waals surface area (Å²) >= 11 is 0. The molecule has 0 fully saturated rings. The van der Waals surface area contributed by atoms with Crippen molar-refractivity contribution in [2.24, 2.45) is 7.05 Å². The maximum absolute atomic E-state index is 14.5. The van der Waals surface area contributed by atoms with E-state index >= 15 is 0 Å². The number of aryl methyl sites for hydroxylation is 1. The van der Waals surface area contributed by atoms with Crippen LogP contribution >= 0.6 is 0 Å². The van der Waals surface area contributed by atoms with Crippen LogP contribution in [0.15, 0.2) is 60.7 Å². The molecule has 3 rings (SSSR count). The van der Waals surface area contributed by atoms with E-state index in [2.05, 4.69) is 10.5 Å². The molecule has 3 aromatic rings. The zero-order valence-electron chi connectivity index (χ0n) is 15.5. The van der Waals surface area contributed by atoms with Gasteiger partial charge in [-0.3, -0.25) is 4.79 Å². The van der Waals surface area contributed by atoms with Gasteiger partial charge < -0.3 is 0 Å². The third-order valence-corrected chi connectivity index (χ3v) is 4.14. The topological polar surface area (TPSA) is 50.8 Å². The van der Waals surface area contributed by atoms with E-state index in [-0.39, 0.29) is 5.56 Å². The summed E-state index contributed by atoms with van der Waals surface area (Å²) in [6.45, 7) is 1.58. The van der Waals surface area contributed by atoms with Gasteiger partial charge in [-0.15, -0.1) is 9.36 Å². The van der Waals surface area contributed by atoms with Gasteiger partial charge in [0.25, 0.3) is 12.2 Å². The minimum absolute atomic E-state index is 0.170. The molecule has 29 heavy (non-hydrogen) atoms. The number of carbonyl (C=O) groups excluding carboxylic acids is 1. The maximum Gasteiger partial charge on any atom is 0.416 e. The van der Waals surface area contributed by atoms with Gasteiger partial charge in [0.2, 0.25) is 6.33 Å². The van der Waals surface area contributed by atoms with Crippen LogP contribution < -0.4 is 10.1 Å². The normalized spacial score (nSPS) is 12.1. The molecule has 0 atom stereocenters. The Balaban J connectivity index is 1.78. The molecule has 5 nitrogen and oxygen atoms in total. The lowest BCUT2D eigenvalue weighted by atomic mass is 10.0. The number of hydrogen-bond donors (Lipinski definition) is 1. The van der Waals surface area contributed by atoms with Crippen LogP contribution in [0.2, 0.25) is 0 Å². The molecule has 1 heterocycles. The minimum Gasteiger partial charge on any atom is -0.267 e. The highest BCUT2D eigenvalue weighted by Crippen LogP contribution is 2.31. The summed E-state index contributed by atoms with van der Waals surface area (Å²) < 4.78 is 55.4. The quantitative estimate of drug-likeness (QED) is 0.409. The van der Waals surface area contributed by atoms with Gasteiger partial charge in [0.05, 0.1) is 12.6 Å². The summed E-state index contributed by atoms with van der Waals surface area (Å²) in [6, 6.07) is 8.54. The Hall–Kier alpha value is -3.49. The van der Waals surface area contributed by atoms with Crippen molar-refractivity contribution >= 4 is 12.0 Å². The van der Waals surface area contributed by atoms with Gasteiger partial charge in [-0.1, -0.05) is 24.3 Å². The fraction of sp³-hybridized carbons (Fsp3) is 0.150. The number of benzene rings is 2. The van der Waals surface area contributed by atoms with E-state index in [0.29, 0.717) is 16.7 Å². The van der Waals surface area contributed by atoms with E-state index in [1.165, 1.54) is 46.0 Å². The zero-order valence-corrected chi connectivity index (χ0v) is 15.5. The number of nitrogens with zero attached hydrogens (tertiary/aromatic N) is 3. The highest BCUT2D eigenvalue weighted by Gasteiger charge is 2.30. The third-order valence-electron chi connectivity index (χ3n) is 4.14. The van der Waals surface area contributed by atoms with Crippen molar-refractivity contribution in [2.45, 2.75) is 13.1 Å². The first-order valence-electron chi connectivity index (χ1n) is 8.50. The average Bonchev–Trinajstić information content (AvgIpc) is 3.06. The van der Waals surface area contributed by atoms with Crippen LogP contribution in [-0.2, 0) is 18.0 Å². The van der Waals surface area contributed by atoms with Crippen molar-refractivity contribution < 1.29 is 27.0 Å². The second-order valence-electron chi connectivity index (χ2n) is 6.41. The highest BCUT2D eigenvalue weighted by molar-refractivity contribution is 6.01. The molecule has 2 aromatic carbocycles. The van der Waals surface area contributed by atoms with Crippen LogP contribution in [0.4, 0.5) is 17.6 Å². The Labute approximate surface area is 163 Å². The first-order chi connectivity index (χ1) is 13.6. The number of nitrogens with one attached hydrogen (secondary N) is 1. The summed E-state index contributed by atoms with van der Waals surface area (Å²) in [6.07, 6.45) is 0.0389. The second-order valence-corrected chi connectivity index (χ2v) is 6.41. The van der Waals surface area contributed by atoms with Crippen LogP contribution in [0.1, 0.15) is 18.1 Å². The number of alkyl halides is 3. The molecule has 0 spiro atoms. The number of halogens is 4. The van der Waals surface area contributed by atoms with Gasteiger partial charge in [-0.25, -0.2) is 9.82 Å². The van der Waals surface area contributed by atoms with Crippen molar-refractivity contribution in [3.05, 3.63) is 77.6 Å². The lowest BCUT2D eigenvalue weighted by Gasteiger charge is -2.09. The predicted octanol–water partition coefficient (Wildman–Crippen LogP) is 3.71. The smallest absolute Gasteiger partial charge is 0.267 e. The third kappa shape index (κ3) is 4.87. The molecule has 150 valence electrons. The Morgan fingerprint density at radius 2 is 1.86 bits per heavy atom. The molecule has 0 aliphatic heterocycles. The molecule has 0 saturated heterocycles. The van der Waals surface area contributed by atoms with Gasteiger partial charge in [0.1, 0.15) is 5.82 Å². The molecule has 0 aliphatic rings. The van der Waals surface area contributed by atoms with Crippen LogP contribution in [-0.4, -0.2) is 15.7 Å². The number of aromatic nitrogens is 3. The Morgan fingerprint density at radius 3 is 2.41 bits per heavy atom. The first-order valence-corrected chi connectivity index (χ1v) is 8.50. The maximum atomic E-state index is 14.5. The first kappa shape index (κ1) is 20.2. The lowest BCUT2D eigenvalue weighted by Crippen LogP contribution is -2.47. The Kier molecular flexibility index (Phi) is 5.49. The highest BCUT2D eigenvalue weighted by atomic mass is 19.4. The molecular weight excluding hydrogens is 388 g/mol. The van der Waals surface area contributed by atoms with Crippen molar-refractivity contribution in [3.63, 3.8) is 0 Å². The van der Waals surface area contributed by atoms with E-state index in [4.69, 9.17) is 0 Å². The van der Waals surface area contributed by atoms with Gasteiger partial charge in [0, 0.05) is 16.2 Å². The van der Waals surface area contributed by atoms with E-state index in [0.717, 1.165) is 12.1 Å². The summed E-state index contributed by atoms with van der Waals surface area (Å²) in [7, 11) is 1.70. The minimum atomic E-state index is -4.45. The van der Waals surface area contributed by atoms with Crippen molar-refractivity contribution in [3.8, 4) is 11.1 Å². The zero-order chi connectivity index (χ0) is 21.2. The molecular formula is C20H17F4N4O+. The van der Waals surface area contributed by atoms with Crippen molar-refractivity contribution in [1.82, 2.24) is 9.78 Å². The van der Waals surface area contributed by atoms with E-state index in [1.807, 2.05) is 0 Å². The van der Waals surface area contributed by atoms with Crippen LogP contribution in [0, 0.1) is 5.82 Å². The number of rotatable bonds is 4. The molecule has 9 heteroatoms. The fourth-order valence-electron chi connectivity index (χ4n) is 2.65. The average molecular weight is 405 g/mol. The summed E-state index contributed by atoms with van der Waals surface area (Å²) in [5.41, 5.74) is 3.08. The van der Waals surface area contributed by atoms with Gasteiger partial charge in [-0.05, 0) is 42.3 Å². The number of amides is 1. The molecule has 0 radical (unpaired) electrons. The number of carbonyl (C=O) groups is 1. The summed E-state index contributed by atoms with van der Waals surface area (Å²) in [5.74, 6) is -0.997. The Bertz CT molecular complexity index is 1070. The summed E-state index contributed by atoms with van der Waals surface area (Å²) in [4.78, 5) is 12.2. The molecule has 1 N–H and O–H groups in total. The Morgan fingerprint density at radius 1 is 1.17 bits per heavy atom. The van der Waals surface area contributed by atoms with Crippen LogP contribution in [0.5, 0.6) is 0 Å². The van der Waals surface area contributed by atoms with Crippen LogP contribution in [0.25, 0.3) is 17.2 Å². The van der Waals surface area contributed by atoms with Crippen molar-refractivity contribution in [1.29, 1.82) is 0 Å². The van der Waals surface area contributed by atoms with Gasteiger partial charge in [-0.2, -0.15) is 13.2 Å². The molecule has 0 unspecified atom stereocenters. The second kappa shape index (κ2) is 7.86. The van der Waals surface area contributed by atoms with Crippen LogP contribution in [0.3, 0.4) is 0 Å². The largest absolute Gasteiger partial charge is 0.416 e. The molecule has 1 aromatic heterocycles. The molecule has 1 amide bonds. The van der Waals surface area contributed by atoms with Gasteiger partial charge >= 0.3 is 6.18 Å². The van der Waals surface area contributed by atoms with E-state index < -0.39 is 23.5 Å². The summed E-state index contributed by atoms with van der Waals surface area (Å²) in [5, 5.41) is 3.92.